The molecule has 0 saturated heterocycles. The summed E-state index contributed by atoms with van der Waals surface area (Å²) in [6.45, 7) is 0.746. The van der Waals surface area contributed by atoms with E-state index in [0.29, 0.717) is 28.6 Å². The third kappa shape index (κ3) is 3.86. The van der Waals surface area contributed by atoms with Gasteiger partial charge in [-0.25, -0.2) is 4.39 Å². The van der Waals surface area contributed by atoms with Gasteiger partial charge in [-0.2, -0.15) is 0 Å². The van der Waals surface area contributed by atoms with Crippen LogP contribution in [0.1, 0.15) is 11.1 Å². The molecule has 0 aliphatic carbocycles. The second kappa shape index (κ2) is 7.29. The number of hydrogen-bond acceptors (Lipinski definition) is 3. The van der Waals surface area contributed by atoms with E-state index >= 15 is 0 Å². The average molecular weight is 310 g/mol. The molecule has 0 aromatic heterocycles. The Hall–Kier alpha value is -1.78. The Morgan fingerprint density at radius 1 is 1.19 bits per heavy atom. The third-order valence-electron chi connectivity index (χ3n) is 3.03. The molecule has 3 nitrogen and oxygen atoms in total. The number of nitrogens with one attached hydrogen (secondary N) is 1. The molecule has 0 heterocycles. The lowest BCUT2D eigenvalue weighted by atomic mass is 10.1. The van der Waals surface area contributed by atoms with Crippen LogP contribution in [0.15, 0.2) is 36.4 Å². The number of halogens is 2. The summed E-state index contributed by atoms with van der Waals surface area (Å²) < 4.78 is 24.8. The lowest BCUT2D eigenvalue weighted by molar-refractivity contribution is 0.276. The molecule has 0 amide bonds. The quantitative estimate of drug-likeness (QED) is 0.880. The summed E-state index contributed by atoms with van der Waals surface area (Å²) in [5.74, 6) is 0.855. The predicted molar refractivity (Wildman–Crippen MR) is 81.5 cm³/mol. The van der Waals surface area contributed by atoms with Gasteiger partial charge in [-0.15, -0.1) is 0 Å². The number of benzene rings is 2. The fourth-order valence-corrected chi connectivity index (χ4v) is 2.16. The second-order valence-corrected chi connectivity index (χ2v) is 4.94. The number of ether oxygens (including phenoxy) is 2. The van der Waals surface area contributed by atoms with Crippen molar-refractivity contribution in [2.24, 2.45) is 0 Å². The molecule has 0 aliphatic heterocycles. The van der Waals surface area contributed by atoms with Crippen LogP contribution in [0.3, 0.4) is 0 Å². The monoisotopic (exact) mass is 309 g/mol. The zero-order valence-electron chi connectivity index (χ0n) is 12.0. The third-order valence-corrected chi connectivity index (χ3v) is 3.27. The first kappa shape index (κ1) is 15.6. The highest BCUT2D eigenvalue weighted by atomic mass is 35.5. The molecular weight excluding hydrogens is 293 g/mol. The van der Waals surface area contributed by atoms with E-state index in [2.05, 4.69) is 5.32 Å². The fourth-order valence-electron chi connectivity index (χ4n) is 2.00. The van der Waals surface area contributed by atoms with E-state index in [4.69, 9.17) is 21.1 Å². The molecule has 0 atom stereocenters. The number of rotatable bonds is 6. The number of methoxy groups -OCH3 is 1. The molecule has 0 aliphatic rings. The van der Waals surface area contributed by atoms with E-state index in [1.807, 2.05) is 25.2 Å². The van der Waals surface area contributed by atoms with Crippen molar-refractivity contribution in [3.63, 3.8) is 0 Å². The van der Waals surface area contributed by atoms with Gasteiger partial charge in [0.05, 0.1) is 7.11 Å². The first-order valence-corrected chi connectivity index (χ1v) is 6.90. The maximum atomic E-state index is 13.8. The molecule has 0 saturated carbocycles. The van der Waals surface area contributed by atoms with Crippen molar-refractivity contribution in [3.05, 3.63) is 58.4 Å². The molecule has 21 heavy (non-hydrogen) atoms. The summed E-state index contributed by atoms with van der Waals surface area (Å²) in [6.07, 6.45) is 0. The highest BCUT2D eigenvalue weighted by Gasteiger charge is 2.11. The smallest absolute Gasteiger partial charge is 0.166 e. The van der Waals surface area contributed by atoms with Crippen molar-refractivity contribution in [2.45, 2.75) is 13.2 Å². The average Bonchev–Trinajstić information content (AvgIpc) is 2.47. The predicted octanol–water partition coefficient (Wildman–Crippen LogP) is 3.79. The van der Waals surface area contributed by atoms with Crippen molar-refractivity contribution in [1.82, 2.24) is 5.32 Å². The molecule has 112 valence electrons. The van der Waals surface area contributed by atoms with Crippen molar-refractivity contribution in [1.29, 1.82) is 0 Å². The molecule has 2 rings (SSSR count). The molecule has 1 N–H and O–H groups in total. The van der Waals surface area contributed by atoms with Gasteiger partial charge in [0, 0.05) is 22.7 Å². The minimum absolute atomic E-state index is 0.111. The van der Waals surface area contributed by atoms with Crippen LogP contribution in [-0.2, 0) is 13.2 Å². The standard InChI is InChI=1S/C16H17ClFNO2/c1-19-9-11-4-3-5-15(20-2)16(11)21-10-12-6-7-13(17)8-14(12)18/h3-8,19H,9-10H2,1-2H3. The van der Waals surface area contributed by atoms with Crippen LogP contribution in [0, 0.1) is 5.82 Å². The molecule has 5 heteroatoms. The van der Waals surface area contributed by atoms with Crippen molar-refractivity contribution < 1.29 is 13.9 Å². The van der Waals surface area contributed by atoms with Gasteiger partial charge in [0.1, 0.15) is 12.4 Å². The summed E-state index contributed by atoms with van der Waals surface area (Å²) in [4.78, 5) is 0. The van der Waals surface area contributed by atoms with Gasteiger partial charge in [0.2, 0.25) is 0 Å². The first-order chi connectivity index (χ1) is 10.2. The second-order valence-electron chi connectivity index (χ2n) is 4.50. The van der Waals surface area contributed by atoms with E-state index < -0.39 is 0 Å². The Morgan fingerprint density at radius 3 is 2.67 bits per heavy atom. The Morgan fingerprint density at radius 2 is 2.00 bits per heavy atom. The maximum Gasteiger partial charge on any atom is 0.166 e. The van der Waals surface area contributed by atoms with Crippen LogP contribution in [0.5, 0.6) is 11.5 Å². The Balaban J connectivity index is 2.22. The summed E-state index contributed by atoms with van der Waals surface area (Å²) >= 11 is 5.74. The summed E-state index contributed by atoms with van der Waals surface area (Å²) in [5, 5.41) is 3.43. The molecule has 0 radical (unpaired) electrons. The van der Waals surface area contributed by atoms with Crippen LogP contribution in [0.2, 0.25) is 5.02 Å². The molecule has 2 aromatic carbocycles. The minimum atomic E-state index is -0.382. The van der Waals surface area contributed by atoms with Crippen LogP contribution in [-0.4, -0.2) is 14.2 Å². The lowest BCUT2D eigenvalue weighted by Gasteiger charge is -2.15. The minimum Gasteiger partial charge on any atom is -0.493 e. The summed E-state index contributed by atoms with van der Waals surface area (Å²) in [7, 11) is 3.43. The van der Waals surface area contributed by atoms with Crippen molar-refractivity contribution in [2.75, 3.05) is 14.2 Å². The van der Waals surface area contributed by atoms with Gasteiger partial charge in [-0.1, -0.05) is 29.8 Å². The zero-order valence-corrected chi connectivity index (χ0v) is 12.7. The van der Waals surface area contributed by atoms with E-state index in [1.165, 1.54) is 6.07 Å². The molecule has 0 fully saturated rings. The van der Waals surface area contributed by atoms with Crippen LogP contribution < -0.4 is 14.8 Å². The number of para-hydroxylation sites is 1. The topological polar surface area (TPSA) is 30.5 Å². The van der Waals surface area contributed by atoms with E-state index in [9.17, 15) is 4.39 Å². The summed E-state index contributed by atoms with van der Waals surface area (Å²) in [5.41, 5.74) is 1.40. The molecular formula is C16H17ClFNO2. The Bertz CT molecular complexity index is 619. The first-order valence-electron chi connectivity index (χ1n) is 6.53. The van der Waals surface area contributed by atoms with Crippen LogP contribution in [0.25, 0.3) is 0 Å². The van der Waals surface area contributed by atoms with Gasteiger partial charge < -0.3 is 14.8 Å². The molecule has 2 aromatic rings. The van der Waals surface area contributed by atoms with Crippen molar-refractivity contribution >= 4 is 11.6 Å². The van der Waals surface area contributed by atoms with E-state index in [0.717, 1.165) is 5.56 Å². The number of hydrogen-bond donors (Lipinski definition) is 1. The zero-order chi connectivity index (χ0) is 15.2. The fraction of sp³-hybridized carbons (Fsp3) is 0.250. The molecule has 0 unspecified atom stereocenters. The SMILES string of the molecule is CNCc1cccc(OC)c1OCc1ccc(Cl)cc1F. The van der Waals surface area contributed by atoms with Gasteiger partial charge in [0.25, 0.3) is 0 Å². The molecule has 0 spiro atoms. The van der Waals surface area contributed by atoms with Crippen molar-refractivity contribution in [3.8, 4) is 11.5 Å². The Labute approximate surface area is 128 Å². The van der Waals surface area contributed by atoms with Gasteiger partial charge in [0.15, 0.2) is 11.5 Å². The lowest BCUT2D eigenvalue weighted by Crippen LogP contribution is -2.09. The molecule has 0 bridgehead atoms. The van der Waals surface area contributed by atoms with Gasteiger partial charge in [-0.05, 0) is 25.2 Å². The highest BCUT2D eigenvalue weighted by Crippen LogP contribution is 2.32. The van der Waals surface area contributed by atoms with Gasteiger partial charge >= 0.3 is 0 Å². The van der Waals surface area contributed by atoms with E-state index in [-0.39, 0.29) is 12.4 Å². The highest BCUT2D eigenvalue weighted by molar-refractivity contribution is 6.30. The van der Waals surface area contributed by atoms with Gasteiger partial charge in [-0.3, -0.25) is 0 Å². The normalized spacial score (nSPS) is 10.5. The summed E-state index contributed by atoms with van der Waals surface area (Å²) in [6, 6.07) is 10.2. The Kier molecular flexibility index (Phi) is 5.42. The maximum absolute atomic E-state index is 13.8. The van der Waals surface area contributed by atoms with E-state index in [1.54, 1.807) is 19.2 Å². The van der Waals surface area contributed by atoms with Crippen LogP contribution >= 0.6 is 11.6 Å². The van der Waals surface area contributed by atoms with Crippen LogP contribution in [0.4, 0.5) is 4.39 Å². The largest absolute Gasteiger partial charge is 0.493 e.